The van der Waals surface area contributed by atoms with E-state index in [2.05, 4.69) is 19.8 Å². The molecule has 0 radical (unpaired) electrons. The van der Waals surface area contributed by atoms with E-state index in [0.29, 0.717) is 17.7 Å². The number of hydrogen-bond donors (Lipinski definition) is 0. The maximum Gasteiger partial charge on any atom is 0.471 e. The molecule has 3 aromatic rings. The number of oxime groups is 1. The third-order valence-electron chi connectivity index (χ3n) is 4.91. The second kappa shape index (κ2) is 8.81. The van der Waals surface area contributed by atoms with E-state index in [0.717, 1.165) is 18.4 Å². The Bertz CT molecular complexity index is 1110. The van der Waals surface area contributed by atoms with Crippen LogP contribution < -0.4 is 0 Å². The van der Waals surface area contributed by atoms with Crippen molar-refractivity contribution in [2.45, 2.75) is 31.6 Å². The fourth-order valence-corrected chi connectivity index (χ4v) is 3.20. The van der Waals surface area contributed by atoms with Gasteiger partial charge >= 0.3 is 12.1 Å². The molecule has 0 spiro atoms. The first-order valence-electron chi connectivity index (χ1n) is 9.84. The lowest BCUT2D eigenvalue weighted by atomic mass is 10.1. The van der Waals surface area contributed by atoms with E-state index in [-0.39, 0.29) is 23.5 Å². The minimum absolute atomic E-state index is 0.0968. The lowest BCUT2D eigenvalue weighted by molar-refractivity contribution is -0.159. The van der Waals surface area contributed by atoms with E-state index in [1.807, 2.05) is 18.2 Å². The van der Waals surface area contributed by atoms with Crippen LogP contribution in [0, 0.1) is 0 Å². The van der Waals surface area contributed by atoms with Gasteiger partial charge < -0.3 is 14.3 Å². The molecule has 1 saturated carbocycles. The van der Waals surface area contributed by atoms with Crippen LogP contribution in [-0.4, -0.2) is 39.8 Å². The molecule has 0 bridgehead atoms. The lowest BCUT2D eigenvalue weighted by Crippen LogP contribution is -2.38. The van der Waals surface area contributed by atoms with Crippen LogP contribution in [-0.2, 0) is 22.4 Å². The van der Waals surface area contributed by atoms with Crippen molar-refractivity contribution < 1.29 is 27.3 Å². The zero-order valence-corrected chi connectivity index (χ0v) is 17.0. The van der Waals surface area contributed by atoms with Crippen molar-refractivity contribution in [2.24, 2.45) is 5.16 Å². The third kappa shape index (κ3) is 4.79. The van der Waals surface area contributed by atoms with Gasteiger partial charge in [-0.05, 0) is 18.4 Å². The predicted molar refractivity (Wildman–Crippen MR) is 108 cm³/mol. The fraction of sp³-hybridized carbons (Fsp3) is 0.273. The summed E-state index contributed by atoms with van der Waals surface area (Å²) >= 11 is 0. The molecule has 7 nitrogen and oxygen atoms in total. The molecule has 32 heavy (non-hydrogen) atoms. The third-order valence-corrected chi connectivity index (χ3v) is 4.91. The van der Waals surface area contributed by atoms with Crippen molar-refractivity contribution in [3.8, 4) is 11.4 Å². The zero-order chi connectivity index (χ0) is 22.7. The molecule has 166 valence electrons. The molecule has 10 heteroatoms. The molecule has 0 atom stereocenters. The van der Waals surface area contributed by atoms with Crippen LogP contribution in [0.25, 0.3) is 11.4 Å². The highest BCUT2D eigenvalue weighted by molar-refractivity contribution is 6.45. The number of carbonyl (C=O) groups excluding carboxylic acids is 1. The molecule has 1 aliphatic rings. The number of alkyl halides is 3. The summed E-state index contributed by atoms with van der Waals surface area (Å²) < 4.78 is 42.3. The van der Waals surface area contributed by atoms with E-state index in [4.69, 9.17) is 4.84 Å². The summed E-state index contributed by atoms with van der Waals surface area (Å²) in [6.07, 6.45) is -2.92. The zero-order valence-electron chi connectivity index (χ0n) is 17.0. The minimum Gasteiger partial charge on any atom is -0.398 e. The van der Waals surface area contributed by atoms with Gasteiger partial charge in [-0.15, -0.1) is 0 Å². The van der Waals surface area contributed by atoms with E-state index in [1.165, 1.54) is 7.11 Å². The monoisotopic (exact) mass is 444 g/mol. The van der Waals surface area contributed by atoms with Crippen molar-refractivity contribution in [3.63, 3.8) is 0 Å². The smallest absolute Gasteiger partial charge is 0.398 e. The van der Waals surface area contributed by atoms with Crippen molar-refractivity contribution in [1.29, 1.82) is 0 Å². The van der Waals surface area contributed by atoms with Gasteiger partial charge in [0.1, 0.15) is 7.11 Å². The molecular weight excluding hydrogens is 425 g/mol. The first-order chi connectivity index (χ1) is 15.4. The first kappa shape index (κ1) is 21.5. The molecule has 1 aromatic heterocycles. The van der Waals surface area contributed by atoms with Gasteiger partial charge in [0.25, 0.3) is 5.91 Å². The molecule has 4 rings (SSSR count). The van der Waals surface area contributed by atoms with Gasteiger partial charge in [-0.3, -0.25) is 4.79 Å². The average Bonchev–Trinajstić information content (AvgIpc) is 3.50. The summed E-state index contributed by atoms with van der Waals surface area (Å²) in [5.41, 5.74) is 2.04. The summed E-state index contributed by atoms with van der Waals surface area (Å²) in [6, 6.07) is 15.8. The summed E-state index contributed by atoms with van der Waals surface area (Å²) in [6.45, 7) is 0.319. The van der Waals surface area contributed by atoms with Crippen LogP contribution in [0.1, 0.15) is 29.9 Å². The topological polar surface area (TPSA) is 80.8 Å². The molecule has 0 aliphatic heterocycles. The highest BCUT2D eigenvalue weighted by Crippen LogP contribution is 2.31. The normalized spacial score (nSPS) is 14.3. The van der Waals surface area contributed by atoms with Crippen molar-refractivity contribution in [3.05, 3.63) is 71.6 Å². The van der Waals surface area contributed by atoms with Crippen molar-refractivity contribution in [2.75, 3.05) is 7.11 Å². The van der Waals surface area contributed by atoms with Crippen molar-refractivity contribution >= 4 is 11.6 Å². The maximum atomic E-state index is 13.3. The second-order valence-electron chi connectivity index (χ2n) is 7.27. The number of amides is 1. The minimum atomic E-state index is -4.70. The Balaban J connectivity index is 1.53. The Kier molecular flexibility index (Phi) is 5.93. The summed E-state index contributed by atoms with van der Waals surface area (Å²) in [7, 11) is 1.39. The summed E-state index contributed by atoms with van der Waals surface area (Å²) in [5.74, 6) is -1.80. The molecule has 1 amide bonds. The van der Waals surface area contributed by atoms with Gasteiger partial charge in [0.2, 0.25) is 5.82 Å². The number of hydrogen-bond acceptors (Lipinski definition) is 6. The molecular formula is C22H19F3N4O3. The Morgan fingerprint density at radius 3 is 2.41 bits per heavy atom. The standard InChI is InChI=1S/C22H19F3N4O3/c1-31-27-18(15-5-3-2-4-6-15)20(30)29(17-11-12-17)13-14-7-9-16(10-8-14)19-26-21(32-28-19)22(23,24)25/h2-10,17H,11-13H2,1H3. The molecule has 0 unspecified atom stereocenters. The van der Waals surface area contributed by atoms with E-state index >= 15 is 0 Å². The molecule has 0 saturated heterocycles. The SMILES string of the molecule is CON=C(C(=O)N(Cc1ccc(-c2noc(C(F)(F)F)n2)cc1)C1CC1)c1ccccc1. The molecule has 1 aliphatic carbocycles. The van der Waals surface area contributed by atoms with Crippen LogP contribution >= 0.6 is 0 Å². The van der Waals surface area contributed by atoms with Crippen LogP contribution in [0.5, 0.6) is 0 Å². The maximum absolute atomic E-state index is 13.3. The van der Waals surface area contributed by atoms with Gasteiger partial charge in [0, 0.05) is 23.7 Å². The highest BCUT2D eigenvalue weighted by Gasteiger charge is 2.38. The molecule has 1 fully saturated rings. The molecule has 0 N–H and O–H groups in total. The van der Waals surface area contributed by atoms with Crippen molar-refractivity contribution in [1.82, 2.24) is 15.0 Å². The fourth-order valence-electron chi connectivity index (χ4n) is 3.20. The molecule has 2 aromatic carbocycles. The van der Waals surface area contributed by atoms with E-state index in [1.54, 1.807) is 41.3 Å². The Hall–Kier alpha value is -3.69. The van der Waals surface area contributed by atoms with E-state index in [9.17, 15) is 18.0 Å². The van der Waals surface area contributed by atoms with Crippen LogP contribution in [0.4, 0.5) is 13.2 Å². The Morgan fingerprint density at radius 1 is 1.16 bits per heavy atom. The number of aromatic nitrogens is 2. The number of benzene rings is 2. The quantitative estimate of drug-likeness (QED) is 0.401. The van der Waals surface area contributed by atoms with Crippen LogP contribution in [0.2, 0.25) is 0 Å². The Morgan fingerprint density at radius 2 is 1.84 bits per heavy atom. The largest absolute Gasteiger partial charge is 0.471 e. The van der Waals surface area contributed by atoms with Gasteiger partial charge in [-0.2, -0.15) is 18.2 Å². The van der Waals surface area contributed by atoms with Gasteiger partial charge in [0.05, 0.1) is 0 Å². The second-order valence-corrected chi connectivity index (χ2v) is 7.27. The average molecular weight is 444 g/mol. The van der Waals surface area contributed by atoms with Gasteiger partial charge in [-0.25, -0.2) is 0 Å². The van der Waals surface area contributed by atoms with E-state index < -0.39 is 12.1 Å². The highest BCUT2D eigenvalue weighted by atomic mass is 19.4. The number of nitrogens with zero attached hydrogens (tertiary/aromatic N) is 4. The predicted octanol–water partition coefficient (Wildman–Crippen LogP) is 4.30. The summed E-state index contributed by atoms with van der Waals surface area (Å²) in [4.78, 5) is 23.3. The first-order valence-corrected chi connectivity index (χ1v) is 9.84. The Labute approximate surface area is 181 Å². The van der Waals surface area contributed by atoms with Gasteiger partial charge in [-0.1, -0.05) is 64.9 Å². The molecule has 1 heterocycles. The number of rotatable bonds is 7. The summed E-state index contributed by atoms with van der Waals surface area (Å²) in [5, 5.41) is 7.34. The van der Waals surface area contributed by atoms with Gasteiger partial charge in [0.15, 0.2) is 5.71 Å². The number of halogens is 3. The van der Waals surface area contributed by atoms with Crippen LogP contribution in [0.15, 0.2) is 64.3 Å². The lowest BCUT2D eigenvalue weighted by Gasteiger charge is -2.23. The number of carbonyl (C=O) groups is 1. The van der Waals surface area contributed by atoms with Crippen LogP contribution in [0.3, 0.4) is 0 Å².